The Balaban J connectivity index is 2.29. The molecule has 0 aliphatic heterocycles. The summed E-state index contributed by atoms with van der Waals surface area (Å²) < 4.78 is 39.6. The normalized spacial score (nSPS) is 11.3. The summed E-state index contributed by atoms with van der Waals surface area (Å²) in [6.07, 6.45) is -2.46. The number of rotatable bonds is 4. The summed E-state index contributed by atoms with van der Waals surface area (Å²) in [6, 6.07) is 2.62. The molecule has 2 aromatic rings. The maximum absolute atomic E-state index is 12.8. The van der Waals surface area contributed by atoms with Crippen molar-refractivity contribution in [3.05, 3.63) is 45.4 Å². The van der Waals surface area contributed by atoms with Crippen molar-refractivity contribution in [1.29, 1.82) is 5.26 Å². The molecule has 2 rings (SSSR count). The van der Waals surface area contributed by atoms with Crippen LogP contribution >= 0.6 is 11.8 Å². The van der Waals surface area contributed by atoms with Crippen LogP contribution in [0.4, 0.5) is 18.9 Å². The summed E-state index contributed by atoms with van der Waals surface area (Å²) in [7, 11) is 0. The molecule has 0 spiro atoms. The molecule has 0 amide bonds. The van der Waals surface area contributed by atoms with E-state index in [2.05, 4.69) is 10.1 Å². The zero-order valence-corrected chi connectivity index (χ0v) is 12.4. The molecule has 23 heavy (non-hydrogen) atoms. The van der Waals surface area contributed by atoms with Gasteiger partial charge in [-0.15, -0.1) is 0 Å². The number of hydrogen-bond donors (Lipinski definition) is 0. The van der Waals surface area contributed by atoms with E-state index in [0.29, 0.717) is 0 Å². The molecule has 2 aromatic heterocycles. The Kier molecular flexibility index (Phi) is 4.55. The number of aromatic nitrogens is 3. The van der Waals surface area contributed by atoms with Crippen molar-refractivity contribution in [2.45, 2.75) is 24.0 Å². The average Bonchev–Trinajstić information content (AvgIpc) is 2.92. The Morgan fingerprint density at radius 1 is 1.52 bits per heavy atom. The molecule has 0 aliphatic rings. The van der Waals surface area contributed by atoms with E-state index in [-0.39, 0.29) is 27.7 Å². The first kappa shape index (κ1) is 16.8. The van der Waals surface area contributed by atoms with Gasteiger partial charge in [0.15, 0.2) is 0 Å². The maximum Gasteiger partial charge on any atom is 0.433 e. The van der Waals surface area contributed by atoms with Gasteiger partial charge in [-0.25, -0.2) is 4.98 Å². The Morgan fingerprint density at radius 2 is 2.22 bits per heavy atom. The van der Waals surface area contributed by atoms with Crippen LogP contribution in [-0.4, -0.2) is 19.7 Å². The minimum atomic E-state index is -4.63. The van der Waals surface area contributed by atoms with Gasteiger partial charge in [-0.2, -0.15) is 23.5 Å². The van der Waals surface area contributed by atoms with Gasteiger partial charge in [0, 0.05) is 0 Å². The van der Waals surface area contributed by atoms with E-state index in [9.17, 15) is 23.3 Å². The van der Waals surface area contributed by atoms with Gasteiger partial charge in [-0.1, -0.05) is 11.8 Å². The van der Waals surface area contributed by atoms with Crippen LogP contribution in [0.3, 0.4) is 0 Å². The van der Waals surface area contributed by atoms with Gasteiger partial charge in [-0.05, 0) is 18.6 Å². The van der Waals surface area contributed by atoms with Crippen LogP contribution in [0.2, 0.25) is 0 Å². The fourth-order valence-corrected chi connectivity index (χ4v) is 2.58. The second-order valence-corrected chi connectivity index (χ2v) is 5.32. The second kappa shape index (κ2) is 6.25. The summed E-state index contributed by atoms with van der Waals surface area (Å²) in [5, 5.41) is 23.2. The number of nitrogens with zero attached hydrogens (tertiary/aromatic N) is 5. The molecule has 0 radical (unpaired) electrons. The summed E-state index contributed by atoms with van der Waals surface area (Å²) in [6.45, 7) is 1.39. The third-order valence-corrected chi connectivity index (χ3v) is 3.71. The summed E-state index contributed by atoms with van der Waals surface area (Å²) >= 11 is 0.838. The van der Waals surface area contributed by atoms with Gasteiger partial charge in [0.1, 0.15) is 29.2 Å². The first-order chi connectivity index (χ1) is 10.7. The summed E-state index contributed by atoms with van der Waals surface area (Å²) in [5.74, 6) is -0.0176. The van der Waals surface area contributed by atoms with E-state index in [0.717, 1.165) is 30.2 Å². The van der Waals surface area contributed by atoms with Gasteiger partial charge in [0.05, 0.1) is 16.4 Å². The lowest BCUT2D eigenvalue weighted by molar-refractivity contribution is -0.385. The fourth-order valence-electron chi connectivity index (χ4n) is 1.67. The van der Waals surface area contributed by atoms with Crippen LogP contribution < -0.4 is 0 Å². The predicted molar refractivity (Wildman–Crippen MR) is 73.4 cm³/mol. The van der Waals surface area contributed by atoms with Crippen molar-refractivity contribution in [3.8, 4) is 6.07 Å². The number of pyridine rings is 1. The Hall–Kier alpha value is -2.61. The molecule has 0 aliphatic carbocycles. The van der Waals surface area contributed by atoms with Gasteiger partial charge in [0.2, 0.25) is 0 Å². The van der Waals surface area contributed by atoms with Crippen molar-refractivity contribution in [3.63, 3.8) is 0 Å². The van der Waals surface area contributed by atoms with Crippen LogP contribution in [0.5, 0.6) is 0 Å². The predicted octanol–water partition coefficient (Wildman–Crippen LogP) is 3.14. The Labute approximate surface area is 131 Å². The minimum Gasteiger partial charge on any atom is -0.258 e. The topological polar surface area (TPSA) is 97.6 Å². The molecule has 7 nitrogen and oxygen atoms in total. The Morgan fingerprint density at radius 3 is 2.74 bits per heavy atom. The highest BCUT2D eigenvalue weighted by atomic mass is 32.2. The van der Waals surface area contributed by atoms with E-state index >= 15 is 0 Å². The number of aryl methyl sites for hydroxylation is 1. The van der Waals surface area contributed by atoms with E-state index in [1.54, 1.807) is 0 Å². The molecule has 0 fully saturated rings. The maximum atomic E-state index is 12.8. The molecule has 120 valence electrons. The quantitative estimate of drug-likeness (QED) is 0.480. The zero-order valence-electron chi connectivity index (χ0n) is 11.5. The van der Waals surface area contributed by atoms with E-state index in [1.807, 2.05) is 6.07 Å². The molecule has 0 aromatic carbocycles. The molecule has 0 atom stereocenters. The molecule has 0 saturated carbocycles. The van der Waals surface area contributed by atoms with Gasteiger partial charge >= 0.3 is 11.9 Å². The van der Waals surface area contributed by atoms with Crippen LogP contribution in [0, 0.1) is 28.4 Å². The first-order valence-corrected chi connectivity index (χ1v) is 6.99. The lowest BCUT2D eigenvalue weighted by Gasteiger charge is -2.11. The standard InChI is InChI=1S/C12H8F3N5O2S/c1-7-2-10(12(13,14)15)18-11(9(7)3-16)23-6-19-5-8(4-17-19)20(21)22/h2,4-5H,6H2,1H3. The van der Waals surface area contributed by atoms with Gasteiger partial charge < -0.3 is 0 Å². The third-order valence-electron chi connectivity index (χ3n) is 2.75. The number of alkyl halides is 3. The highest BCUT2D eigenvalue weighted by Gasteiger charge is 2.34. The Bertz CT molecular complexity index is 797. The SMILES string of the molecule is Cc1cc(C(F)(F)F)nc(SCn2cc([N+](=O)[O-])cn2)c1C#N. The lowest BCUT2D eigenvalue weighted by atomic mass is 10.1. The fraction of sp³-hybridized carbons (Fsp3) is 0.250. The monoisotopic (exact) mass is 343 g/mol. The molecular weight excluding hydrogens is 335 g/mol. The van der Waals surface area contributed by atoms with Crippen LogP contribution in [0.15, 0.2) is 23.5 Å². The minimum absolute atomic E-state index is 0.0176. The molecule has 0 bridgehead atoms. The largest absolute Gasteiger partial charge is 0.433 e. The van der Waals surface area contributed by atoms with E-state index in [1.165, 1.54) is 11.6 Å². The second-order valence-electron chi connectivity index (χ2n) is 4.38. The zero-order chi connectivity index (χ0) is 17.2. The van der Waals surface area contributed by atoms with Crippen molar-refractivity contribution in [2.24, 2.45) is 0 Å². The number of thioether (sulfide) groups is 1. The van der Waals surface area contributed by atoms with E-state index < -0.39 is 16.8 Å². The molecule has 11 heteroatoms. The molecule has 2 heterocycles. The highest BCUT2D eigenvalue weighted by Crippen LogP contribution is 2.33. The summed E-state index contributed by atoms with van der Waals surface area (Å²) in [4.78, 5) is 13.4. The molecule has 0 N–H and O–H groups in total. The van der Waals surface area contributed by atoms with Crippen molar-refractivity contribution < 1.29 is 18.1 Å². The smallest absolute Gasteiger partial charge is 0.258 e. The van der Waals surface area contributed by atoms with Crippen LogP contribution in [0.25, 0.3) is 0 Å². The lowest BCUT2D eigenvalue weighted by Crippen LogP contribution is -2.10. The number of nitro groups is 1. The van der Waals surface area contributed by atoms with Gasteiger partial charge in [0.25, 0.3) is 0 Å². The highest BCUT2D eigenvalue weighted by molar-refractivity contribution is 7.98. The number of halogens is 3. The number of nitriles is 1. The van der Waals surface area contributed by atoms with Gasteiger partial charge in [-0.3, -0.25) is 14.8 Å². The van der Waals surface area contributed by atoms with Crippen molar-refractivity contribution >= 4 is 17.4 Å². The van der Waals surface area contributed by atoms with Crippen LogP contribution in [-0.2, 0) is 12.1 Å². The molecular formula is C12H8F3N5O2S. The van der Waals surface area contributed by atoms with Crippen LogP contribution in [0.1, 0.15) is 16.8 Å². The summed E-state index contributed by atoms with van der Waals surface area (Å²) in [5.41, 5.74) is -1.14. The number of hydrogen-bond acceptors (Lipinski definition) is 6. The average molecular weight is 343 g/mol. The van der Waals surface area contributed by atoms with Crippen molar-refractivity contribution in [2.75, 3.05) is 0 Å². The first-order valence-electron chi connectivity index (χ1n) is 6.01. The molecule has 0 saturated heterocycles. The van der Waals surface area contributed by atoms with E-state index in [4.69, 9.17) is 5.26 Å². The molecule has 0 unspecified atom stereocenters. The van der Waals surface area contributed by atoms with Crippen molar-refractivity contribution in [1.82, 2.24) is 14.8 Å². The third kappa shape index (κ3) is 3.78.